The number of nitrogens with zero attached hydrogens (tertiary/aromatic N) is 2. The van der Waals surface area contributed by atoms with Gasteiger partial charge in [0.2, 0.25) is 0 Å². The van der Waals surface area contributed by atoms with E-state index < -0.39 is 0 Å². The zero-order valence-electron chi connectivity index (χ0n) is 8.72. The minimum absolute atomic E-state index is 0.143. The van der Waals surface area contributed by atoms with E-state index in [1.54, 1.807) is 18.3 Å². The van der Waals surface area contributed by atoms with E-state index in [4.69, 9.17) is 11.6 Å². The molecule has 3 rings (SSSR count). The molecule has 0 spiro atoms. The fourth-order valence-electron chi connectivity index (χ4n) is 1.80. The van der Waals surface area contributed by atoms with Crippen LogP contribution in [0.3, 0.4) is 0 Å². The molecule has 0 saturated heterocycles. The highest BCUT2D eigenvalue weighted by molar-refractivity contribution is 6.30. The average Bonchev–Trinajstić information content (AvgIpc) is 2.74. The lowest BCUT2D eigenvalue weighted by molar-refractivity contribution is 1.07. The van der Waals surface area contributed by atoms with Crippen LogP contribution in [0, 0.1) is 0 Å². The number of nitrogens with one attached hydrogen (secondary N) is 1. The maximum atomic E-state index is 11.6. The van der Waals surface area contributed by atoms with Gasteiger partial charge in [0.15, 0.2) is 5.65 Å². The molecule has 0 radical (unpaired) electrons. The highest BCUT2D eigenvalue weighted by Crippen LogP contribution is 2.18. The van der Waals surface area contributed by atoms with Crippen molar-refractivity contribution in [1.29, 1.82) is 0 Å². The summed E-state index contributed by atoms with van der Waals surface area (Å²) in [4.78, 5) is 18.3. The van der Waals surface area contributed by atoms with Gasteiger partial charge in [-0.25, -0.2) is 4.98 Å². The number of aromatic nitrogens is 3. The molecule has 84 valence electrons. The lowest BCUT2D eigenvalue weighted by atomic mass is 10.3. The summed E-state index contributed by atoms with van der Waals surface area (Å²) in [6.45, 7) is 0. The van der Waals surface area contributed by atoms with E-state index in [1.807, 2.05) is 22.8 Å². The third-order valence-corrected chi connectivity index (χ3v) is 2.81. The SMILES string of the molecule is O=c1[nH]cnc2c1ccn2-c1cccc(Cl)c1. The number of benzene rings is 1. The first-order chi connectivity index (χ1) is 8.25. The predicted octanol–water partition coefficient (Wildman–Crippen LogP) is 2.37. The fraction of sp³-hybridized carbons (Fsp3) is 0. The van der Waals surface area contributed by atoms with E-state index in [9.17, 15) is 4.79 Å². The molecule has 17 heavy (non-hydrogen) atoms. The van der Waals surface area contributed by atoms with Gasteiger partial charge in [0, 0.05) is 16.9 Å². The molecule has 2 aromatic heterocycles. The van der Waals surface area contributed by atoms with Crippen LogP contribution in [0.5, 0.6) is 0 Å². The van der Waals surface area contributed by atoms with Crippen molar-refractivity contribution < 1.29 is 0 Å². The molecular weight excluding hydrogens is 238 g/mol. The normalized spacial score (nSPS) is 10.9. The second kappa shape index (κ2) is 3.75. The van der Waals surface area contributed by atoms with Gasteiger partial charge in [0.05, 0.1) is 11.7 Å². The van der Waals surface area contributed by atoms with Gasteiger partial charge in [0.1, 0.15) is 0 Å². The van der Waals surface area contributed by atoms with Crippen LogP contribution in [-0.4, -0.2) is 14.5 Å². The van der Waals surface area contributed by atoms with Crippen molar-refractivity contribution in [1.82, 2.24) is 14.5 Å². The first-order valence-electron chi connectivity index (χ1n) is 5.06. The van der Waals surface area contributed by atoms with Crippen LogP contribution in [0.2, 0.25) is 5.02 Å². The number of halogens is 1. The van der Waals surface area contributed by atoms with Crippen LogP contribution < -0.4 is 5.56 Å². The van der Waals surface area contributed by atoms with E-state index in [0.717, 1.165) is 5.69 Å². The van der Waals surface area contributed by atoms with Gasteiger partial charge in [0.25, 0.3) is 5.56 Å². The standard InChI is InChI=1S/C12H8ClN3O/c13-8-2-1-3-9(6-8)16-5-4-10-11(16)14-7-15-12(10)17/h1-7H,(H,14,15,17). The van der Waals surface area contributed by atoms with Gasteiger partial charge in [-0.2, -0.15) is 0 Å². The lowest BCUT2D eigenvalue weighted by Gasteiger charge is -2.04. The minimum Gasteiger partial charge on any atom is -0.313 e. The summed E-state index contributed by atoms with van der Waals surface area (Å²) in [5.41, 5.74) is 1.36. The summed E-state index contributed by atoms with van der Waals surface area (Å²) in [6.07, 6.45) is 3.20. The minimum atomic E-state index is -0.143. The van der Waals surface area contributed by atoms with Crippen molar-refractivity contribution in [3.8, 4) is 5.69 Å². The average molecular weight is 246 g/mol. The number of rotatable bonds is 1. The monoisotopic (exact) mass is 245 g/mol. The second-order valence-corrected chi connectivity index (χ2v) is 4.07. The second-order valence-electron chi connectivity index (χ2n) is 3.63. The number of aromatic amines is 1. The Morgan fingerprint density at radius 2 is 2.18 bits per heavy atom. The molecule has 0 unspecified atom stereocenters. The third-order valence-electron chi connectivity index (χ3n) is 2.57. The van der Waals surface area contributed by atoms with Gasteiger partial charge in [-0.3, -0.25) is 4.79 Å². The van der Waals surface area contributed by atoms with Crippen LogP contribution in [0.4, 0.5) is 0 Å². The van der Waals surface area contributed by atoms with E-state index in [-0.39, 0.29) is 5.56 Å². The number of hydrogen-bond acceptors (Lipinski definition) is 2. The van der Waals surface area contributed by atoms with Crippen LogP contribution in [0.15, 0.2) is 47.7 Å². The molecule has 0 atom stereocenters. The maximum Gasteiger partial charge on any atom is 0.260 e. The van der Waals surface area contributed by atoms with Gasteiger partial charge in [-0.05, 0) is 24.3 Å². The molecule has 0 aliphatic heterocycles. The van der Waals surface area contributed by atoms with E-state index >= 15 is 0 Å². The van der Waals surface area contributed by atoms with Crippen molar-refractivity contribution in [3.63, 3.8) is 0 Å². The van der Waals surface area contributed by atoms with Gasteiger partial charge < -0.3 is 9.55 Å². The predicted molar refractivity (Wildman–Crippen MR) is 66.7 cm³/mol. The van der Waals surface area contributed by atoms with Crippen LogP contribution in [0.1, 0.15) is 0 Å². The Kier molecular flexibility index (Phi) is 2.23. The van der Waals surface area contributed by atoms with Crippen molar-refractivity contribution in [2.75, 3.05) is 0 Å². The number of hydrogen-bond donors (Lipinski definition) is 1. The van der Waals surface area contributed by atoms with Crippen LogP contribution in [-0.2, 0) is 0 Å². The quantitative estimate of drug-likeness (QED) is 0.716. The highest BCUT2D eigenvalue weighted by Gasteiger charge is 2.06. The largest absolute Gasteiger partial charge is 0.313 e. The lowest BCUT2D eigenvalue weighted by Crippen LogP contribution is -2.06. The Morgan fingerprint density at radius 1 is 1.29 bits per heavy atom. The fourth-order valence-corrected chi connectivity index (χ4v) is 1.98. The topological polar surface area (TPSA) is 50.7 Å². The van der Waals surface area contributed by atoms with Crippen molar-refractivity contribution >= 4 is 22.6 Å². The smallest absolute Gasteiger partial charge is 0.260 e. The Hall–Kier alpha value is -2.07. The molecule has 2 heterocycles. The highest BCUT2D eigenvalue weighted by atomic mass is 35.5. The van der Waals surface area contributed by atoms with E-state index in [1.165, 1.54) is 6.33 Å². The molecule has 0 bridgehead atoms. The van der Waals surface area contributed by atoms with Crippen molar-refractivity contribution in [2.45, 2.75) is 0 Å². The summed E-state index contributed by atoms with van der Waals surface area (Å²) in [6, 6.07) is 9.13. The van der Waals surface area contributed by atoms with Crippen molar-refractivity contribution in [2.24, 2.45) is 0 Å². The zero-order valence-corrected chi connectivity index (χ0v) is 9.48. The van der Waals surface area contributed by atoms with Crippen LogP contribution in [0.25, 0.3) is 16.7 Å². The molecular formula is C12H8ClN3O. The molecule has 1 N–H and O–H groups in total. The summed E-state index contributed by atoms with van der Waals surface area (Å²) >= 11 is 5.94. The molecule has 1 aromatic carbocycles. The zero-order chi connectivity index (χ0) is 11.8. The van der Waals surface area contributed by atoms with Gasteiger partial charge in [-0.15, -0.1) is 0 Å². The Labute approximate surface area is 101 Å². The summed E-state index contributed by atoms with van der Waals surface area (Å²) in [5.74, 6) is 0. The molecule has 0 aliphatic carbocycles. The Morgan fingerprint density at radius 3 is 3.00 bits per heavy atom. The third kappa shape index (κ3) is 1.62. The first kappa shape index (κ1) is 10.1. The summed E-state index contributed by atoms with van der Waals surface area (Å²) < 4.78 is 1.83. The van der Waals surface area contributed by atoms with E-state index in [2.05, 4.69) is 9.97 Å². The summed E-state index contributed by atoms with van der Waals surface area (Å²) in [7, 11) is 0. The van der Waals surface area contributed by atoms with E-state index in [0.29, 0.717) is 16.1 Å². The molecule has 4 nitrogen and oxygen atoms in total. The molecule has 0 fully saturated rings. The number of fused-ring (bicyclic) bond motifs is 1. The maximum absolute atomic E-state index is 11.6. The van der Waals surface area contributed by atoms with Gasteiger partial charge in [-0.1, -0.05) is 17.7 Å². The molecule has 0 saturated carbocycles. The molecule has 0 aliphatic rings. The Balaban J connectivity index is 2.32. The van der Waals surface area contributed by atoms with Gasteiger partial charge >= 0.3 is 0 Å². The molecule has 3 aromatic rings. The van der Waals surface area contributed by atoms with Crippen molar-refractivity contribution in [3.05, 3.63) is 58.2 Å². The molecule has 5 heteroatoms. The summed E-state index contributed by atoms with van der Waals surface area (Å²) in [5, 5.41) is 1.21. The number of H-pyrrole nitrogens is 1. The first-order valence-corrected chi connectivity index (χ1v) is 5.44. The molecule has 0 amide bonds. The Bertz CT molecular complexity index is 745. The van der Waals surface area contributed by atoms with Crippen LogP contribution >= 0.6 is 11.6 Å².